The molecule has 0 atom stereocenters. The van der Waals surface area contributed by atoms with Gasteiger partial charge in [-0.25, -0.2) is 14.2 Å². The minimum atomic E-state index is -0.554. The normalized spacial score (nSPS) is 14.1. The van der Waals surface area contributed by atoms with Crippen molar-refractivity contribution in [2.24, 2.45) is 0 Å². The van der Waals surface area contributed by atoms with E-state index in [2.05, 4.69) is 0 Å². The number of hydrogen-bond acceptors (Lipinski definition) is 4. The lowest BCUT2D eigenvalue weighted by atomic mass is 10.0. The van der Waals surface area contributed by atoms with Crippen molar-refractivity contribution in [2.75, 3.05) is 6.61 Å². The first-order valence-electron chi connectivity index (χ1n) is 8.71. The number of carbonyl (C=O) groups is 1. The Morgan fingerprint density at radius 3 is 2.86 bits per heavy atom. The molecule has 0 saturated heterocycles. The highest BCUT2D eigenvalue weighted by atomic mass is 35.5. The molecule has 1 heterocycles. The van der Waals surface area contributed by atoms with Crippen molar-refractivity contribution in [3.05, 3.63) is 75.7 Å². The van der Waals surface area contributed by atoms with Gasteiger partial charge in [-0.05, 0) is 48.3 Å². The minimum Gasteiger partial charge on any atom is -0.447 e. The molecule has 0 amide bonds. The molecule has 0 radical (unpaired) electrons. The van der Waals surface area contributed by atoms with Crippen LogP contribution in [0.1, 0.15) is 33.6 Å². The molecule has 138 valence electrons. The van der Waals surface area contributed by atoms with E-state index in [4.69, 9.17) is 26.6 Å². The maximum Gasteiger partial charge on any atom is 0.340 e. The van der Waals surface area contributed by atoms with Crippen LogP contribution in [0.25, 0.3) is 22.6 Å². The molecular formula is C22H14ClFN2O2. The number of benzene rings is 2. The molecule has 0 aliphatic heterocycles. The quantitative estimate of drug-likeness (QED) is 0.575. The fraction of sp³-hybridized carbons (Fsp3) is 0.136. The molecular weight excluding hydrogens is 379 g/mol. The Bertz CT molecular complexity index is 1160. The fourth-order valence-corrected chi connectivity index (χ4v) is 3.72. The summed E-state index contributed by atoms with van der Waals surface area (Å²) in [6, 6.07) is 13.6. The summed E-state index contributed by atoms with van der Waals surface area (Å²) in [6.07, 6.45) is 2.86. The van der Waals surface area contributed by atoms with E-state index >= 15 is 0 Å². The van der Waals surface area contributed by atoms with Crippen LogP contribution < -0.4 is 0 Å². The summed E-state index contributed by atoms with van der Waals surface area (Å²) >= 11 is 6.16. The number of allylic oxidation sites excluding steroid dienone is 1. The van der Waals surface area contributed by atoms with Gasteiger partial charge in [-0.2, -0.15) is 5.26 Å². The lowest BCUT2D eigenvalue weighted by Gasteiger charge is -2.11. The zero-order valence-corrected chi connectivity index (χ0v) is 15.5. The Hall–Kier alpha value is -3.23. The predicted octanol–water partition coefficient (Wildman–Crippen LogP) is 5.19. The number of nitriles is 1. The SMILES string of the molecule is N#CCOC(=O)c1c2c(nc3ccccc13)/C(=C/c1c(F)cccc1Cl)CC2. The molecule has 0 saturated carbocycles. The van der Waals surface area contributed by atoms with Crippen LogP contribution in [0.3, 0.4) is 0 Å². The van der Waals surface area contributed by atoms with Crippen molar-refractivity contribution in [3.8, 4) is 6.07 Å². The molecule has 1 aromatic heterocycles. The molecule has 1 aliphatic carbocycles. The molecule has 4 nitrogen and oxygen atoms in total. The summed E-state index contributed by atoms with van der Waals surface area (Å²) in [5.74, 6) is -0.968. The Morgan fingerprint density at radius 1 is 1.25 bits per heavy atom. The number of halogens is 2. The van der Waals surface area contributed by atoms with E-state index in [0.29, 0.717) is 45.6 Å². The van der Waals surface area contributed by atoms with Gasteiger partial charge in [0.2, 0.25) is 0 Å². The summed E-state index contributed by atoms with van der Waals surface area (Å²) in [5, 5.41) is 9.72. The van der Waals surface area contributed by atoms with E-state index in [1.807, 2.05) is 24.3 Å². The first-order chi connectivity index (χ1) is 13.6. The van der Waals surface area contributed by atoms with Crippen LogP contribution in [0.2, 0.25) is 5.02 Å². The highest BCUT2D eigenvalue weighted by Crippen LogP contribution is 2.38. The third-order valence-corrected chi connectivity index (χ3v) is 5.06. The Labute approximate surface area is 165 Å². The highest BCUT2D eigenvalue weighted by molar-refractivity contribution is 6.32. The number of hydrogen-bond donors (Lipinski definition) is 0. The number of ether oxygens (including phenoxy) is 1. The van der Waals surface area contributed by atoms with Crippen molar-refractivity contribution in [3.63, 3.8) is 0 Å². The van der Waals surface area contributed by atoms with Gasteiger partial charge in [0.15, 0.2) is 6.61 Å². The van der Waals surface area contributed by atoms with E-state index < -0.39 is 11.8 Å². The summed E-state index contributed by atoms with van der Waals surface area (Å²) in [5.41, 5.74) is 3.55. The molecule has 1 aliphatic rings. The molecule has 0 unspecified atom stereocenters. The van der Waals surface area contributed by atoms with E-state index in [1.54, 1.807) is 24.3 Å². The van der Waals surface area contributed by atoms with Gasteiger partial charge >= 0.3 is 5.97 Å². The van der Waals surface area contributed by atoms with Crippen molar-refractivity contribution < 1.29 is 13.9 Å². The third kappa shape index (κ3) is 3.12. The van der Waals surface area contributed by atoms with Gasteiger partial charge in [0.05, 0.1) is 21.8 Å². The van der Waals surface area contributed by atoms with Crippen molar-refractivity contribution in [1.82, 2.24) is 4.98 Å². The molecule has 3 aromatic rings. The number of para-hydroxylation sites is 1. The van der Waals surface area contributed by atoms with Gasteiger partial charge in [0.1, 0.15) is 11.9 Å². The Kier molecular flexibility index (Phi) is 4.81. The van der Waals surface area contributed by atoms with Crippen molar-refractivity contribution in [2.45, 2.75) is 12.8 Å². The van der Waals surface area contributed by atoms with Crippen LogP contribution in [0, 0.1) is 17.1 Å². The van der Waals surface area contributed by atoms with E-state index in [1.165, 1.54) is 6.07 Å². The van der Waals surface area contributed by atoms with Crippen molar-refractivity contribution in [1.29, 1.82) is 5.26 Å². The first-order valence-corrected chi connectivity index (χ1v) is 9.08. The van der Waals surface area contributed by atoms with Crippen LogP contribution in [-0.4, -0.2) is 17.6 Å². The Balaban J connectivity index is 1.91. The number of esters is 1. The minimum absolute atomic E-state index is 0.301. The van der Waals surface area contributed by atoms with Gasteiger partial charge in [-0.15, -0.1) is 0 Å². The van der Waals surface area contributed by atoms with Gasteiger partial charge in [-0.3, -0.25) is 0 Å². The molecule has 28 heavy (non-hydrogen) atoms. The highest BCUT2D eigenvalue weighted by Gasteiger charge is 2.28. The summed E-state index contributed by atoms with van der Waals surface area (Å²) in [4.78, 5) is 17.4. The van der Waals surface area contributed by atoms with Crippen molar-refractivity contribution >= 4 is 40.1 Å². The average Bonchev–Trinajstić information content (AvgIpc) is 3.09. The van der Waals surface area contributed by atoms with E-state index in [9.17, 15) is 9.18 Å². The number of pyridine rings is 1. The van der Waals surface area contributed by atoms with Crippen LogP contribution >= 0.6 is 11.6 Å². The number of fused-ring (bicyclic) bond motifs is 2. The maximum atomic E-state index is 14.2. The van der Waals surface area contributed by atoms with E-state index in [-0.39, 0.29) is 6.61 Å². The summed E-state index contributed by atoms with van der Waals surface area (Å²) in [6.45, 7) is -0.322. The average molecular weight is 393 g/mol. The number of nitrogens with zero attached hydrogens (tertiary/aromatic N) is 2. The molecule has 0 bridgehead atoms. The maximum absolute atomic E-state index is 14.2. The second kappa shape index (κ2) is 7.41. The summed E-state index contributed by atoms with van der Waals surface area (Å²) in [7, 11) is 0. The lowest BCUT2D eigenvalue weighted by molar-refractivity contribution is 0.0556. The largest absolute Gasteiger partial charge is 0.447 e. The van der Waals surface area contributed by atoms with Gasteiger partial charge < -0.3 is 4.74 Å². The summed E-state index contributed by atoms with van der Waals surface area (Å²) < 4.78 is 19.3. The zero-order chi connectivity index (χ0) is 19.7. The smallest absolute Gasteiger partial charge is 0.340 e. The van der Waals surface area contributed by atoms with Crippen LogP contribution in [0.5, 0.6) is 0 Å². The first kappa shape index (κ1) is 18.1. The second-order valence-corrected chi connectivity index (χ2v) is 6.78. The second-order valence-electron chi connectivity index (χ2n) is 6.37. The molecule has 2 aromatic carbocycles. The molecule has 0 spiro atoms. The fourth-order valence-electron chi connectivity index (χ4n) is 3.51. The number of aromatic nitrogens is 1. The molecule has 4 rings (SSSR count). The molecule has 0 fully saturated rings. The third-order valence-electron chi connectivity index (χ3n) is 4.73. The Morgan fingerprint density at radius 2 is 2.07 bits per heavy atom. The van der Waals surface area contributed by atoms with Crippen LogP contribution in [0.15, 0.2) is 42.5 Å². The van der Waals surface area contributed by atoms with E-state index in [0.717, 1.165) is 11.1 Å². The molecule has 0 N–H and O–H groups in total. The molecule has 6 heteroatoms. The van der Waals surface area contributed by atoms with Gasteiger partial charge in [0.25, 0.3) is 0 Å². The standard InChI is InChI=1S/C22H14ClFN2O2/c23-17-5-3-6-18(24)16(17)12-13-8-9-15-20(22(27)28-11-10-25)14-4-1-2-7-19(14)26-21(13)15/h1-7,12H,8-9,11H2/b13-12+. The van der Waals surface area contributed by atoms with Crippen LogP contribution in [0.4, 0.5) is 4.39 Å². The monoisotopic (exact) mass is 392 g/mol. The van der Waals surface area contributed by atoms with Crippen LogP contribution in [-0.2, 0) is 11.2 Å². The number of carbonyl (C=O) groups excluding carboxylic acids is 1. The zero-order valence-electron chi connectivity index (χ0n) is 14.7. The number of rotatable bonds is 3. The van der Waals surface area contributed by atoms with Gasteiger partial charge in [0, 0.05) is 10.9 Å². The topological polar surface area (TPSA) is 63.0 Å². The predicted molar refractivity (Wildman–Crippen MR) is 105 cm³/mol. The lowest BCUT2D eigenvalue weighted by Crippen LogP contribution is -2.10. The van der Waals surface area contributed by atoms with Gasteiger partial charge in [-0.1, -0.05) is 35.9 Å².